The lowest BCUT2D eigenvalue weighted by atomic mass is 10.1. The number of carbonyl (C=O) groups is 1. The molecule has 1 amide bonds. The highest BCUT2D eigenvalue weighted by Gasteiger charge is 2.06. The second kappa shape index (κ2) is 9.16. The monoisotopic (exact) mass is 315 g/mol. The summed E-state index contributed by atoms with van der Waals surface area (Å²) in [4.78, 5) is 16.2. The zero-order valence-corrected chi connectivity index (χ0v) is 15.0. The Morgan fingerprint density at radius 2 is 1.96 bits per heavy atom. The highest BCUT2D eigenvalue weighted by atomic mass is 16.2. The maximum absolute atomic E-state index is 11.1. The van der Waals surface area contributed by atoms with Crippen LogP contribution in [0.3, 0.4) is 0 Å². The molecule has 1 aromatic carbocycles. The molecule has 2 rings (SSSR count). The fourth-order valence-corrected chi connectivity index (χ4v) is 2.45. The second-order valence-electron chi connectivity index (χ2n) is 5.48. The predicted molar refractivity (Wildman–Crippen MR) is 99.7 cm³/mol. The fourth-order valence-electron chi connectivity index (χ4n) is 2.45. The van der Waals surface area contributed by atoms with Crippen LogP contribution in [0.1, 0.15) is 30.7 Å². The Balaban J connectivity index is 0.000000241. The van der Waals surface area contributed by atoms with E-state index in [2.05, 4.69) is 48.9 Å². The van der Waals surface area contributed by atoms with Gasteiger partial charge in [0.25, 0.3) is 0 Å². The molecule has 0 aliphatic rings. The SMILES string of the molecule is C=Cc1ccc2[nH]c(C)c(C)c2c1.CCN(CC)C(=O)CNC. The van der Waals surface area contributed by atoms with Gasteiger partial charge in [0.05, 0.1) is 6.54 Å². The molecule has 0 radical (unpaired) electrons. The summed E-state index contributed by atoms with van der Waals surface area (Å²) in [6.07, 6.45) is 1.88. The number of benzene rings is 1. The molecule has 0 fully saturated rings. The van der Waals surface area contributed by atoms with Crippen LogP contribution in [-0.2, 0) is 4.79 Å². The van der Waals surface area contributed by atoms with E-state index < -0.39 is 0 Å². The minimum absolute atomic E-state index is 0.174. The molecule has 0 saturated heterocycles. The van der Waals surface area contributed by atoms with Gasteiger partial charge in [0.15, 0.2) is 0 Å². The molecule has 0 aliphatic heterocycles. The molecule has 0 saturated carbocycles. The Bertz CT molecular complexity index is 654. The summed E-state index contributed by atoms with van der Waals surface area (Å²) >= 11 is 0. The number of hydrogen-bond donors (Lipinski definition) is 2. The number of rotatable bonds is 5. The van der Waals surface area contributed by atoms with Gasteiger partial charge in [-0.15, -0.1) is 0 Å². The van der Waals surface area contributed by atoms with Gasteiger partial charge in [-0.25, -0.2) is 0 Å². The smallest absolute Gasteiger partial charge is 0.236 e. The molecular weight excluding hydrogens is 286 g/mol. The third-order valence-corrected chi connectivity index (χ3v) is 4.01. The van der Waals surface area contributed by atoms with Crippen LogP contribution in [-0.4, -0.2) is 42.5 Å². The van der Waals surface area contributed by atoms with Crippen molar-refractivity contribution in [2.24, 2.45) is 0 Å². The van der Waals surface area contributed by atoms with Crippen molar-refractivity contribution in [3.8, 4) is 0 Å². The molecule has 2 aromatic rings. The standard InChI is InChI=1S/C12H13N.C7H16N2O/c1-4-10-5-6-12-11(7-10)8(2)9(3)13-12;1-4-9(5-2)7(10)6-8-3/h4-7,13H,1H2,2-3H3;8H,4-6H2,1-3H3. The van der Waals surface area contributed by atoms with Gasteiger partial charge >= 0.3 is 0 Å². The second-order valence-corrected chi connectivity index (χ2v) is 5.48. The average Bonchev–Trinajstić information content (AvgIpc) is 2.84. The number of aryl methyl sites for hydroxylation is 2. The zero-order valence-electron chi connectivity index (χ0n) is 15.0. The van der Waals surface area contributed by atoms with Crippen LogP contribution in [0.4, 0.5) is 0 Å². The molecule has 0 spiro atoms. The number of nitrogens with one attached hydrogen (secondary N) is 2. The first-order valence-corrected chi connectivity index (χ1v) is 8.12. The Hall–Kier alpha value is -2.07. The number of fused-ring (bicyclic) bond motifs is 1. The quantitative estimate of drug-likeness (QED) is 0.887. The van der Waals surface area contributed by atoms with E-state index in [9.17, 15) is 4.79 Å². The van der Waals surface area contributed by atoms with Gasteiger partial charge in [0.1, 0.15) is 0 Å². The van der Waals surface area contributed by atoms with Gasteiger partial charge in [-0.1, -0.05) is 18.7 Å². The molecule has 23 heavy (non-hydrogen) atoms. The normalized spacial score (nSPS) is 10.1. The minimum Gasteiger partial charge on any atom is -0.358 e. The van der Waals surface area contributed by atoms with Gasteiger partial charge in [-0.3, -0.25) is 4.79 Å². The molecule has 4 nitrogen and oxygen atoms in total. The number of hydrogen-bond acceptors (Lipinski definition) is 2. The van der Waals surface area contributed by atoms with Crippen molar-refractivity contribution in [1.29, 1.82) is 0 Å². The van der Waals surface area contributed by atoms with Crippen molar-refractivity contribution in [3.05, 3.63) is 41.6 Å². The fraction of sp³-hybridized carbons (Fsp3) is 0.421. The summed E-state index contributed by atoms with van der Waals surface area (Å²) in [5, 5.41) is 4.13. The molecule has 1 heterocycles. The lowest BCUT2D eigenvalue weighted by Gasteiger charge is -2.17. The molecule has 0 atom stereocenters. The van der Waals surface area contributed by atoms with Crippen molar-refractivity contribution in [2.45, 2.75) is 27.7 Å². The van der Waals surface area contributed by atoms with E-state index >= 15 is 0 Å². The molecule has 4 heteroatoms. The van der Waals surface area contributed by atoms with E-state index in [1.54, 1.807) is 11.9 Å². The first-order valence-electron chi connectivity index (χ1n) is 8.12. The van der Waals surface area contributed by atoms with Crippen LogP contribution in [0.2, 0.25) is 0 Å². The summed E-state index contributed by atoms with van der Waals surface area (Å²) < 4.78 is 0. The van der Waals surface area contributed by atoms with E-state index in [0.717, 1.165) is 13.1 Å². The average molecular weight is 315 g/mol. The van der Waals surface area contributed by atoms with Gasteiger partial charge in [0.2, 0.25) is 5.91 Å². The summed E-state index contributed by atoms with van der Waals surface area (Å²) in [5.74, 6) is 0.174. The predicted octanol–water partition coefficient (Wildman–Crippen LogP) is 3.50. The zero-order chi connectivity index (χ0) is 17.4. The first kappa shape index (κ1) is 19.0. The Kier molecular flexibility index (Phi) is 7.55. The number of nitrogens with zero attached hydrogens (tertiary/aromatic N) is 1. The van der Waals surface area contributed by atoms with Gasteiger partial charge in [-0.05, 0) is 58.0 Å². The molecule has 126 valence electrons. The lowest BCUT2D eigenvalue weighted by Crippen LogP contribution is -2.36. The highest BCUT2D eigenvalue weighted by molar-refractivity contribution is 5.86. The van der Waals surface area contributed by atoms with Crippen molar-refractivity contribution in [1.82, 2.24) is 15.2 Å². The van der Waals surface area contributed by atoms with Crippen LogP contribution < -0.4 is 5.32 Å². The van der Waals surface area contributed by atoms with Crippen molar-refractivity contribution >= 4 is 22.9 Å². The van der Waals surface area contributed by atoms with Crippen molar-refractivity contribution < 1.29 is 4.79 Å². The molecule has 0 unspecified atom stereocenters. The maximum Gasteiger partial charge on any atom is 0.236 e. The third kappa shape index (κ3) is 4.96. The van der Waals surface area contributed by atoms with Crippen molar-refractivity contribution in [2.75, 3.05) is 26.7 Å². The first-order chi connectivity index (χ1) is 11.0. The lowest BCUT2D eigenvalue weighted by molar-refractivity contribution is -0.129. The van der Waals surface area contributed by atoms with E-state index in [4.69, 9.17) is 0 Å². The van der Waals surface area contributed by atoms with E-state index in [0.29, 0.717) is 6.54 Å². The van der Waals surface area contributed by atoms with Gasteiger partial charge < -0.3 is 15.2 Å². The number of likely N-dealkylation sites (N-methyl/N-ethyl adjacent to an activating group) is 2. The third-order valence-electron chi connectivity index (χ3n) is 4.01. The topological polar surface area (TPSA) is 48.1 Å². The number of aromatic nitrogens is 1. The Labute approximate surface area is 139 Å². The Morgan fingerprint density at radius 3 is 2.48 bits per heavy atom. The number of H-pyrrole nitrogens is 1. The summed E-state index contributed by atoms with van der Waals surface area (Å²) in [6.45, 7) is 14.0. The molecule has 1 aromatic heterocycles. The molecular formula is C19H29N3O. The van der Waals surface area contributed by atoms with Gasteiger partial charge in [0, 0.05) is 29.7 Å². The molecule has 0 aliphatic carbocycles. The van der Waals surface area contributed by atoms with Crippen LogP contribution in [0, 0.1) is 13.8 Å². The largest absolute Gasteiger partial charge is 0.358 e. The van der Waals surface area contributed by atoms with Crippen molar-refractivity contribution in [3.63, 3.8) is 0 Å². The summed E-state index contributed by atoms with van der Waals surface area (Å²) in [5.41, 5.74) is 4.96. The number of carbonyl (C=O) groups excluding carboxylic acids is 1. The van der Waals surface area contributed by atoms with Gasteiger partial charge in [-0.2, -0.15) is 0 Å². The Morgan fingerprint density at radius 1 is 1.30 bits per heavy atom. The van der Waals surface area contributed by atoms with Crippen LogP contribution in [0.5, 0.6) is 0 Å². The van der Waals surface area contributed by atoms with E-state index in [-0.39, 0.29) is 5.91 Å². The molecule has 2 N–H and O–H groups in total. The van der Waals surface area contributed by atoms with Crippen LogP contribution in [0.25, 0.3) is 17.0 Å². The highest BCUT2D eigenvalue weighted by Crippen LogP contribution is 2.22. The van der Waals surface area contributed by atoms with E-state index in [1.165, 1.54) is 27.7 Å². The van der Waals surface area contributed by atoms with Crippen LogP contribution >= 0.6 is 0 Å². The molecule has 0 bridgehead atoms. The summed E-state index contributed by atoms with van der Waals surface area (Å²) in [6, 6.07) is 6.35. The maximum atomic E-state index is 11.1. The summed E-state index contributed by atoms with van der Waals surface area (Å²) in [7, 11) is 1.78. The number of amides is 1. The van der Waals surface area contributed by atoms with E-state index in [1.807, 2.05) is 19.9 Å². The minimum atomic E-state index is 0.174. The van der Waals surface area contributed by atoms with Crippen LogP contribution in [0.15, 0.2) is 24.8 Å². The number of aromatic amines is 1.